The predicted octanol–water partition coefficient (Wildman–Crippen LogP) is 0.401. The lowest BCUT2D eigenvalue weighted by Gasteiger charge is -2.04. The van der Waals surface area contributed by atoms with Crippen LogP contribution in [0.2, 0.25) is 0 Å². The number of carbonyl (C=O) groups is 1. The Labute approximate surface area is 141 Å². The van der Waals surface area contributed by atoms with Gasteiger partial charge in [-0.2, -0.15) is 9.78 Å². The van der Waals surface area contributed by atoms with E-state index in [1.54, 1.807) is 32.0 Å². The molecule has 2 heterocycles. The van der Waals surface area contributed by atoms with Gasteiger partial charge in [0, 0.05) is 5.56 Å². The van der Waals surface area contributed by atoms with Gasteiger partial charge in [0.1, 0.15) is 5.75 Å². The van der Waals surface area contributed by atoms with Crippen molar-refractivity contribution in [3.05, 3.63) is 41.2 Å². The van der Waals surface area contributed by atoms with Crippen molar-refractivity contribution in [1.29, 1.82) is 0 Å². The van der Waals surface area contributed by atoms with Crippen LogP contribution in [0.3, 0.4) is 0 Å². The van der Waals surface area contributed by atoms with Gasteiger partial charge < -0.3 is 10.8 Å². The lowest BCUT2D eigenvalue weighted by Crippen LogP contribution is -2.21. The molecule has 0 aliphatic heterocycles. The lowest BCUT2D eigenvalue weighted by molar-refractivity contribution is 0.0949. The van der Waals surface area contributed by atoms with E-state index >= 15 is 0 Å². The summed E-state index contributed by atoms with van der Waals surface area (Å²) in [4.78, 5) is 12.3. The number of amides is 1. The van der Waals surface area contributed by atoms with Gasteiger partial charge in [-0.15, -0.1) is 5.10 Å². The Bertz CT molecular complexity index is 959. The molecule has 0 aliphatic rings. The number of aromatic hydroxyl groups is 1. The first-order valence-electron chi connectivity index (χ1n) is 7.12. The number of nitrogen functional groups attached to an aromatic ring is 1. The van der Waals surface area contributed by atoms with E-state index in [2.05, 4.69) is 35.8 Å². The minimum absolute atomic E-state index is 0.0216. The molecule has 0 bridgehead atoms. The molecule has 0 saturated heterocycles. The highest BCUT2D eigenvalue weighted by molar-refractivity contribution is 6.02. The van der Waals surface area contributed by atoms with E-state index in [-0.39, 0.29) is 23.1 Å². The number of phenolic OH excluding ortho intramolecular Hbond substituents is 1. The average molecular weight is 342 g/mol. The zero-order chi connectivity index (χ0) is 18.0. The number of hydrogen-bond acceptors (Lipinski definition) is 9. The standard InChI is InChI=1S/C14H14N8O3/c1-7(9-5-3-4-6-10(9)23)16-18-14(24)11-8(2)22(21-17-11)13-12(15)19-25-20-13/h3-6,23H,1-2H3,(H2,15,19)(H,18,24)/b16-7-. The summed E-state index contributed by atoms with van der Waals surface area (Å²) in [6, 6.07) is 6.66. The highest BCUT2D eigenvalue weighted by Crippen LogP contribution is 2.17. The van der Waals surface area contributed by atoms with Gasteiger partial charge in [0.05, 0.1) is 11.4 Å². The largest absolute Gasteiger partial charge is 0.507 e. The number of aromatic nitrogens is 5. The van der Waals surface area contributed by atoms with Crippen LogP contribution in [-0.2, 0) is 0 Å². The van der Waals surface area contributed by atoms with Crippen molar-refractivity contribution in [2.75, 3.05) is 5.73 Å². The molecule has 11 nitrogen and oxygen atoms in total. The van der Waals surface area contributed by atoms with Crippen LogP contribution in [0.25, 0.3) is 5.82 Å². The van der Waals surface area contributed by atoms with Crippen LogP contribution in [0.1, 0.15) is 28.7 Å². The molecule has 11 heteroatoms. The zero-order valence-electron chi connectivity index (χ0n) is 13.3. The number of carbonyl (C=O) groups excluding carboxylic acids is 1. The van der Waals surface area contributed by atoms with Crippen molar-refractivity contribution in [3.63, 3.8) is 0 Å². The SMILES string of the molecule is C/C(=N/NC(=O)c1nnn(-c2nonc2N)c1C)c1ccccc1O. The Morgan fingerprint density at radius 3 is 2.80 bits per heavy atom. The summed E-state index contributed by atoms with van der Waals surface area (Å²) >= 11 is 0. The number of nitrogens with zero attached hydrogens (tertiary/aromatic N) is 6. The van der Waals surface area contributed by atoms with Crippen LogP contribution in [0, 0.1) is 6.92 Å². The van der Waals surface area contributed by atoms with Gasteiger partial charge >= 0.3 is 0 Å². The molecule has 0 spiro atoms. The van der Waals surface area contributed by atoms with Gasteiger partial charge in [-0.1, -0.05) is 17.3 Å². The van der Waals surface area contributed by atoms with Gasteiger partial charge in [0.25, 0.3) is 5.91 Å². The summed E-state index contributed by atoms with van der Waals surface area (Å²) in [6.07, 6.45) is 0. The molecule has 3 rings (SSSR count). The zero-order valence-corrected chi connectivity index (χ0v) is 13.3. The molecule has 1 aromatic carbocycles. The van der Waals surface area contributed by atoms with Gasteiger partial charge in [0.2, 0.25) is 11.6 Å². The Hall–Kier alpha value is -3.76. The number of para-hydroxylation sites is 1. The highest BCUT2D eigenvalue weighted by atomic mass is 16.6. The van der Waals surface area contributed by atoms with E-state index in [1.807, 2.05) is 0 Å². The maximum Gasteiger partial charge on any atom is 0.293 e. The maximum absolute atomic E-state index is 12.3. The van der Waals surface area contributed by atoms with Crippen molar-refractivity contribution < 1.29 is 14.5 Å². The molecule has 0 radical (unpaired) electrons. The minimum atomic E-state index is -0.575. The minimum Gasteiger partial charge on any atom is -0.507 e. The number of nitrogens with one attached hydrogen (secondary N) is 1. The molecule has 4 N–H and O–H groups in total. The lowest BCUT2D eigenvalue weighted by atomic mass is 10.1. The smallest absolute Gasteiger partial charge is 0.293 e. The summed E-state index contributed by atoms with van der Waals surface area (Å²) in [7, 11) is 0. The molecule has 2 aromatic heterocycles. The molecular weight excluding hydrogens is 328 g/mol. The van der Waals surface area contributed by atoms with Gasteiger partial charge in [-0.3, -0.25) is 4.79 Å². The number of phenols is 1. The molecule has 1 amide bonds. The molecule has 0 fully saturated rings. The maximum atomic E-state index is 12.3. The van der Waals surface area contributed by atoms with Crippen molar-refractivity contribution in [3.8, 4) is 11.6 Å². The third-order valence-electron chi connectivity index (χ3n) is 3.42. The third-order valence-corrected chi connectivity index (χ3v) is 3.42. The summed E-state index contributed by atoms with van der Waals surface area (Å²) in [5.41, 5.74) is 9.33. The van der Waals surface area contributed by atoms with E-state index < -0.39 is 5.91 Å². The molecule has 0 atom stereocenters. The number of hydrazone groups is 1. The van der Waals surface area contributed by atoms with E-state index in [0.29, 0.717) is 17.0 Å². The molecule has 128 valence electrons. The number of benzene rings is 1. The van der Waals surface area contributed by atoms with E-state index in [9.17, 15) is 9.90 Å². The normalized spacial score (nSPS) is 11.5. The second-order valence-corrected chi connectivity index (χ2v) is 5.06. The van der Waals surface area contributed by atoms with Crippen molar-refractivity contribution in [1.82, 2.24) is 30.7 Å². The van der Waals surface area contributed by atoms with Gasteiger partial charge in [-0.25, -0.2) is 10.1 Å². The average Bonchev–Trinajstić information content (AvgIpc) is 3.18. The summed E-state index contributed by atoms with van der Waals surface area (Å²) < 4.78 is 5.74. The first-order chi connectivity index (χ1) is 12.0. The molecule has 0 unspecified atom stereocenters. The third kappa shape index (κ3) is 3.02. The van der Waals surface area contributed by atoms with Crippen LogP contribution in [0.4, 0.5) is 5.82 Å². The fourth-order valence-corrected chi connectivity index (χ4v) is 2.11. The Kier molecular flexibility index (Phi) is 4.12. The van der Waals surface area contributed by atoms with Crippen LogP contribution in [0.5, 0.6) is 5.75 Å². The topological polar surface area (TPSA) is 157 Å². The monoisotopic (exact) mass is 342 g/mol. The fourth-order valence-electron chi connectivity index (χ4n) is 2.11. The number of rotatable bonds is 4. The van der Waals surface area contributed by atoms with Crippen LogP contribution in [-0.4, -0.2) is 42.0 Å². The first kappa shape index (κ1) is 16.1. The second kappa shape index (κ2) is 6.39. The van der Waals surface area contributed by atoms with Crippen molar-refractivity contribution in [2.24, 2.45) is 5.10 Å². The molecule has 0 saturated carbocycles. The Morgan fingerprint density at radius 2 is 2.12 bits per heavy atom. The Morgan fingerprint density at radius 1 is 1.36 bits per heavy atom. The predicted molar refractivity (Wildman–Crippen MR) is 86.1 cm³/mol. The van der Waals surface area contributed by atoms with Crippen LogP contribution < -0.4 is 11.2 Å². The quantitative estimate of drug-likeness (QED) is 0.454. The summed E-state index contributed by atoms with van der Waals surface area (Å²) in [5, 5.41) is 28.4. The van der Waals surface area contributed by atoms with E-state index in [4.69, 9.17) is 5.73 Å². The number of nitrogens with two attached hydrogens (primary N) is 1. The number of anilines is 1. The first-order valence-corrected chi connectivity index (χ1v) is 7.12. The molecule has 0 aliphatic carbocycles. The molecular formula is C14H14N8O3. The van der Waals surface area contributed by atoms with Crippen LogP contribution >= 0.6 is 0 Å². The van der Waals surface area contributed by atoms with E-state index in [0.717, 1.165) is 0 Å². The van der Waals surface area contributed by atoms with E-state index in [1.165, 1.54) is 10.7 Å². The number of hydrogen-bond donors (Lipinski definition) is 3. The van der Waals surface area contributed by atoms with Crippen LogP contribution in [0.15, 0.2) is 34.0 Å². The molecule has 3 aromatic rings. The Balaban J connectivity index is 1.81. The van der Waals surface area contributed by atoms with Gasteiger partial charge in [-0.05, 0) is 36.3 Å². The van der Waals surface area contributed by atoms with Gasteiger partial charge in [0.15, 0.2) is 5.69 Å². The summed E-state index contributed by atoms with van der Waals surface area (Å²) in [6.45, 7) is 3.27. The molecule has 25 heavy (non-hydrogen) atoms. The summed E-state index contributed by atoms with van der Waals surface area (Å²) in [5.74, 6) is -0.353. The second-order valence-electron chi connectivity index (χ2n) is 5.06. The van der Waals surface area contributed by atoms with Crippen molar-refractivity contribution in [2.45, 2.75) is 13.8 Å². The highest BCUT2D eigenvalue weighted by Gasteiger charge is 2.20. The fraction of sp³-hybridized carbons (Fsp3) is 0.143. The van der Waals surface area contributed by atoms with Crippen molar-refractivity contribution >= 4 is 17.4 Å².